The molecule has 2 amide bonds. The van der Waals surface area contributed by atoms with E-state index >= 15 is 0 Å². The Morgan fingerprint density at radius 2 is 1.81 bits per heavy atom. The fraction of sp³-hybridized carbons (Fsp3) is 0.300. The largest absolute Gasteiger partial charge is 0.465 e. The summed E-state index contributed by atoms with van der Waals surface area (Å²) in [5.74, 6) is -0.938. The van der Waals surface area contributed by atoms with Crippen LogP contribution in [-0.2, 0) is 0 Å². The fourth-order valence-electron chi connectivity index (χ4n) is 3.33. The van der Waals surface area contributed by atoms with Crippen molar-refractivity contribution in [3.8, 4) is 0 Å². The lowest BCUT2D eigenvalue weighted by molar-refractivity contribution is 0.0982. The predicted octanol–water partition coefficient (Wildman–Crippen LogP) is 5.02. The molecule has 0 fully saturated rings. The monoisotopic (exact) mass is 390 g/mol. The van der Waals surface area contributed by atoms with Gasteiger partial charge in [-0.1, -0.05) is 18.5 Å². The van der Waals surface area contributed by atoms with Crippen molar-refractivity contribution >= 4 is 35.0 Å². The van der Waals surface area contributed by atoms with Gasteiger partial charge in [0.25, 0.3) is 5.91 Å². The van der Waals surface area contributed by atoms with Gasteiger partial charge in [0.15, 0.2) is 0 Å². The van der Waals surface area contributed by atoms with Crippen molar-refractivity contribution in [2.45, 2.75) is 33.2 Å². The zero-order valence-electron chi connectivity index (χ0n) is 15.3. The summed E-state index contributed by atoms with van der Waals surface area (Å²) >= 11 is 5.83. The number of carbonyl (C=O) groups is 2. The molecule has 0 bridgehead atoms. The van der Waals surface area contributed by atoms with Crippen LogP contribution in [0.1, 0.15) is 34.8 Å². The molecule has 0 saturated heterocycles. The number of nitrogens with zero attached hydrogens (tertiary/aromatic N) is 2. The normalized spacial score (nSPS) is 16.3. The number of hydrogen-bond acceptors (Lipinski definition) is 2. The maximum absolute atomic E-state index is 13.5. The molecular weight excluding hydrogens is 371 g/mol. The number of hydrogen-bond donors (Lipinski definition) is 1. The molecule has 7 heteroatoms. The van der Waals surface area contributed by atoms with Crippen LogP contribution in [0.4, 0.5) is 20.6 Å². The highest BCUT2D eigenvalue weighted by molar-refractivity contribution is 6.31. The van der Waals surface area contributed by atoms with Crippen LogP contribution < -0.4 is 9.80 Å². The van der Waals surface area contributed by atoms with Crippen molar-refractivity contribution in [1.82, 2.24) is 0 Å². The van der Waals surface area contributed by atoms with Crippen molar-refractivity contribution in [1.29, 1.82) is 0 Å². The van der Waals surface area contributed by atoms with E-state index in [1.807, 2.05) is 26.8 Å². The maximum Gasteiger partial charge on any atom is 0.412 e. The van der Waals surface area contributed by atoms with Crippen LogP contribution in [-0.4, -0.2) is 29.7 Å². The molecule has 2 aromatic rings. The SMILES string of the molecule is CCC1CN(C(=O)c2ccc(F)c(Cl)c2)c2cc(C)c(C)cc2N1C(=O)O. The van der Waals surface area contributed by atoms with Crippen molar-refractivity contribution in [2.24, 2.45) is 0 Å². The summed E-state index contributed by atoms with van der Waals surface area (Å²) in [5.41, 5.74) is 3.14. The van der Waals surface area contributed by atoms with Crippen molar-refractivity contribution in [3.05, 3.63) is 57.9 Å². The van der Waals surface area contributed by atoms with E-state index in [0.29, 0.717) is 17.8 Å². The third kappa shape index (κ3) is 3.37. The Bertz CT molecular complexity index is 932. The van der Waals surface area contributed by atoms with Gasteiger partial charge in [0.2, 0.25) is 0 Å². The molecule has 0 aliphatic carbocycles. The molecule has 0 radical (unpaired) electrons. The smallest absolute Gasteiger partial charge is 0.412 e. The molecule has 1 unspecified atom stereocenters. The number of rotatable bonds is 2. The summed E-state index contributed by atoms with van der Waals surface area (Å²) in [6, 6.07) is 7.06. The first-order valence-corrected chi connectivity index (χ1v) is 9.02. The number of aryl methyl sites for hydroxylation is 2. The Labute approximate surface area is 162 Å². The highest BCUT2D eigenvalue weighted by Gasteiger charge is 2.37. The Hall–Kier alpha value is -2.60. The molecule has 1 atom stereocenters. The lowest BCUT2D eigenvalue weighted by Crippen LogP contribution is -2.52. The summed E-state index contributed by atoms with van der Waals surface area (Å²) in [6.45, 7) is 5.90. The maximum atomic E-state index is 13.5. The summed E-state index contributed by atoms with van der Waals surface area (Å²) < 4.78 is 13.5. The highest BCUT2D eigenvalue weighted by atomic mass is 35.5. The van der Waals surface area contributed by atoms with Gasteiger partial charge >= 0.3 is 6.09 Å². The molecule has 27 heavy (non-hydrogen) atoms. The Morgan fingerprint density at radius 3 is 2.37 bits per heavy atom. The van der Waals surface area contributed by atoms with Gasteiger partial charge in [-0.3, -0.25) is 9.69 Å². The molecular formula is C20H20ClFN2O3. The molecule has 0 aromatic heterocycles. The Morgan fingerprint density at radius 1 is 1.19 bits per heavy atom. The van der Waals surface area contributed by atoms with Crippen LogP contribution in [0.5, 0.6) is 0 Å². The van der Waals surface area contributed by atoms with Gasteiger partial charge in [-0.2, -0.15) is 0 Å². The van der Waals surface area contributed by atoms with Crippen LogP contribution in [0.2, 0.25) is 5.02 Å². The zero-order valence-corrected chi connectivity index (χ0v) is 16.0. The molecule has 3 rings (SSSR count). The number of anilines is 2. The van der Waals surface area contributed by atoms with E-state index in [0.717, 1.165) is 17.2 Å². The van der Waals surface area contributed by atoms with Crippen LogP contribution in [0.25, 0.3) is 0 Å². The van der Waals surface area contributed by atoms with Gasteiger partial charge in [-0.15, -0.1) is 0 Å². The third-order valence-corrected chi connectivity index (χ3v) is 5.28. The Kier molecular flexibility index (Phi) is 5.11. The summed E-state index contributed by atoms with van der Waals surface area (Å²) in [4.78, 5) is 27.9. The summed E-state index contributed by atoms with van der Waals surface area (Å²) in [7, 11) is 0. The molecule has 142 valence electrons. The average Bonchev–Trinajstić information content (AvgIpc) is 2.63. The van der Waals surface area contributed by atoms with Gasteiger partial charge in [-0.25, -0.2) is 9.18 Å². The minimum Gasteiger partial charge on any atom is -0.465 e. The van der Waals surface area contributed by atoms with Crippen LogP contribution in [0.3, 0.4) is 0 Å². The van der Waals surface area contributed by atoms with E-state index < -0.39 is 11.9 Å². The molecule has 1 heterocycles. The summed E-state index contributed by atoms with van der Waals surface area (Å²) in [5, 5.41) is 9.59. The van der Waals surface area contributed by atoms with Gasteiger partial charge in [0.05, 0.1) is 22.4 Å². The molecule has 1 N–H and O–H groups in total. The molecule has 2 aromatic carbocycles. The standard InChI is InChI=1S/C20H20ClFN2O3/c1-4-14-10-23(19(25)13-5-6-16(22)15(21)9-13)17-7-11(2)12(3)8-18(17)24(14)20(26)27/h5-9,14H,4,10H2,1-3H3,(H,26,27). The second-order valence-corrected chi connectivity index (χ2v) is 7.09. The molecule has 1 aliphatic rings. The molecule has 0 saturated carbocycles. The van der Waals surface area contributed by atoms with Gasteiger partial charge in [0.1, 0.15) is 5.82 Å². The van der Waals surface area contributed by atoms with Gasteiger partial charge in [-0.05, 0) is 61.7 Å². The first kappa shape index (κ1) is 19.2. The second kappa shape index (κ2) is 7.19. The van der Waals surface area contributed by atoms with Crippen molar-refractivity contribution < 1.29 is 19.1 Å². The topological polar surface area (TPSA) is 60.9 Å². The van der Waals surface area contributed by atoms with E-state index in [-0.39, 0.29) is 29.1 Å². The van der Waals surface area contributed by atoms with Crippen LogP contribution in [0, 0.1) is 19.7 Å². The van der Waals surface area contributed by atoms with Gasteiger partial charge in [0, 0.05) is 12.1 Å². The minimum atomic E-state index is -1.05. The van der Waals surface area contributed by atoms with Crippen LogP contribution in [0.15, 0.2) is 30.3 Å². The number of benzene rings is 2. The fourth-order valence-corrected chi connectivity index (χ4v) is 3.51. The third-order valence-electron chi connectivity index (χ3n) is 4.99. The highest BCUT2D eigenvalue weighted by Crippen LogP contribution is 2.39. The first-order chi connectivity index (χ1) is 12.7. The first-order valence-electron chi connectivity index (χ1n) is 8.65. The predicted molar refractivity (Wildman–Crippen MR) is 104 cm³/mol. The van der Waals surface area contributed by atoms with Crippen molar-refractivity contribution in [3.63, 3.8) is 0 Å². The number of carboxylic acid groups (broad SMARTS) is 1. The number of amides is 2. The van der Waals surface area contributed by atoms with E-state index in [4.69, 9.17) is 11.6 Å². The number of fused-ring (bicyclic) bond motifs is 1. The molecule has 1 aliphatic heterocycles. The van der Waals surface area contributed by atoms with E-state index in [2.05, 4.69) is 0 Å². The Balaban J connectivity index is 2.14. The lowest BCUT2D eigenvalue weighted by Gasteiger charge is -2.41. The number of carbonyl (C=O) groups excluding carboxylic acids is 1. The van der Waals surface area contributed by atoms with Crippen LogP contribution >= 0.6 is 11.6 Å². The molecule has 5 nitrogen and oxygen atoms in total. The van der Waals surface area contributed by atoms with E-state index in [1.165, 1.54) is 17.0 Å². The van der Waals surface area contributed by atoms with Crippen molar-refractivity contribution in [2.75, 3.05) is 16.3 Å². The quantitative estimate of drug-likeness (QED) is 0.783. The lowest BCUT2D eigenvalue weighted by atomic mass is 9.99. The summed E-state index contributed by atoms with van der Waals surface area (Å²) in [6.07, 6.45) is -0.504. The molecule has 0 spiro atoms. The van der Waals surface area contributed by atoms with E-state index in [9.17, 15) is 19.1 Å². The average molecular weight is 391 g/mol. The van der Waals surface area contributed by atoms with Gasteiger partial charge < -0.3 is 10.0 Å². The van der Waals surface area contributed by atoms with E-state index in [1.54, 1.807) is 11.0 Å². The second-order valence-electron chi connectivity index (χ2n) is 6.68. The minimum absolute atomic E-state index is 0.127. The number of halogens is 2. The zero-order chi connectivity index (χ0) is 19.9.